The van der Waals surface area contributed by atoms with E-state index in [1.54, 1.807) is 6.33 Å². The molecule has 0 atom stereocenters. The zero-order valence-electron chi connectivity index (χ0n) is 6.66. The monoisotopic (exact) mass is 280 g/mol. The SMILES string of the molecule is Ic1cc(-c2cc#ccc2)ncn1. The quantitative estimate of drug-likeness (QED) is 0.592. The second kappa shape index (κ2) is 3.71. The van der Waals surface area contributed by atoms with Crippen LogP contribution in [0.25, 0.3) is 11.3 Å². The highest BCUT2D eigenvalue weighted by molar-refractivity contribution is 14.1. The summed E-state index contributed by atoms with van der Waals surface area (Å²) in [6, 6.07) is 13.3. The number of rotatable bonds is 1. The van der Waals surface area contributed by atoms with Crippen molar-refractivity contribution in [2.45, 2.75) is 0 Å². The molecule has 0 bridgehead atoms. The van der Waals surface area contributed by atoms with Crippen LogP contribution in [0.1, 0.15) is 0 Å². The van der Waals surface area contributed by atoms with Crippen molar-refractivity contribution in [3.63, 3.8) is 0 Å². The summed E-state index contributed by atoms with van der Waals surface area (Å²) in [6.45, 7) is 0. The molecule has 0 fully saturated rings. The Morgan fingerprint density at radius 2 is 2.15 bits per heavy atom. The highest BCUT2D eigenvalue weighted by atomic mass is 127. The molecule has 1 heterocycles. The van der Waals surface area contributed by atoms with E-state index in [-0.39, 0.29) is 0 Å². The molecule has 1 aromatic carbocycles. The van der Waals surface area contributed by atoms with Crippen LogP contribution in [0, 0.1) is 15.8 Å². The van der Waals surface area contributed by atoms with E-state index in [2.05, 4.69) is 44.7 Å². The molecule has 0 radical (unpaired) electrons. The molecule has 0 N–H and O–H groups in total. The average molecular weight is 280 g/mol. The molecule has 0 aliphatic heterocycles. The zero-order chi connectivity index (χ0) is 9.10. The van der Waals surface area contributed by atoms with E-state index in [1.165, 1.54) is 0 Å². The van der Waals surface area contributed by atoms with E-state index in [9.17, 15) is 0 Å². The molecule has 2 nitrogen and oxygen atoms in total. The zero-order valence-corrected chi connectivity index (χ0v) is 8.82. The first-order valence-corrected chi connectivity index (χ1v) is 4.80. The van der Waals surface area contributed by atoms with Gasteiger partial charge in [0, 0.05) is 5.56 Å². The molecule has 3 heteroatoms. The largest absolute Gasteiger partial charge is 0.236 e. The highest BCUT2D eigenvalue weighted by Crippen LogP contribution is 2.15. The van der Waals surface area contributed by atoms with Gasteiger partial charge in [0.05, 0.1) is 5.69 Å². The Morgan fingerprint density at radius 1 is 1.23 bits per heavy atom. The lowest BCUT2D eigenvalue weighted by Gasteiger charge is -1.97. The topological polar surface area (TPSA) is 25.8 Å². The summed E-state index contributed by atoms with van der Waals surface area (Å²) in [4.78, 5) is 8.18. The Morgan fingerprint density at radius 3 is 2.85 bits per heavy atom. The third-order valence-electron chi connectivity index (χ3n) is 1.59. The van der Waals surface area contributed by atoms with Crippen molar-refractivity contribution in [3.05, 3.63) is 46.4 Å². The second-order valence-electron chi connectivity index (χ2n) is 2.45. The molecule has 13 heavy (non-hydrogen) atoms. The first-order chi connectivity index (χ1) is 6.36. The van der Waals surface area contributed by atoms with E-state index >= 15 is 0 Å². The molecular weight excluding hydrogens is 275 g/mol. The first-order valence-electron chi connectivity index (χ1n) is 3.72. The van der Waals surface area contributed by atoms with Crippen LogP contribution >= 0.6 is 22.6 Å². The van der Waals surface area contributed by atoms with E-state index in [1.807, 2.05) is 24.3 Å². The lowest BCUT2D eigenvalue weighted by atomic mass is 10.2. The molecule has 2 aromatic rings. The fourth-order valence-electron chi connectivity index (χ4n) is 0.998. The maximum Gasteiger partial charge on any atom is 0.117 e. The van der Waals surface area contributed by atoms with Crippen molar-refractivity contribution < 1.29 is 0 Å². The van der Waals surface area contributed by atoms with Gasteiger partial charge >= 0.3 is 0 Å². The van der Waals surface area contributed by atoms with Gasteiger partial charge in [-0.15, -0.1) is 0 Å². The molecule has 1 aromatic heterocycles. The van der Waals surface area contributed by atoms with E-state index in [4.69, 9.17) is 0 Å². The minimum Gasteiger partial charge on any atom is -0.236 e. The molecule has 0 saturated heterocycles. The highest BCUT2D eigenvalue weighted by Gasteiger charge is 1.97. The average Bonchev–Trinajstić information content (AvgIpc) is 2.19. The summed E-state index contributed by atoms with van der Waals surface area (Å²) in [6.07, 6.45) is 1.56. The molecule has 0 spiro atoms. The predicted molar refractivity (Wildman–Crippen MR) is 57.9 cm³/mol. The first kappa shape index (κ1) is 8.45. The lowest BCUT2D eigenvalue weighted by Crippen LogP contribution is -1.86. The number of nitrogens with zero attached hydrogens (tertiary/aromatic N) is 2. The maximum atomic E-state index is 4.16. The van der Waals surface area contributed by atoms with Gasteiger partial charge < -0.3 is 0 Å². The third kappa shape index (κ3) is 1.95. The summed E-state index contributed by atoms with van der Waals surface area (Å²) >= 11 is 2.16. The standard InChI is InChI=1S/C10H5IN2/c11-10-6-9(12-7-13-10)8-4-2-1-3-5-8/h2,4-7H. The summed E-state index contributed by atoms with van der Waals surface area (Å²) in [7, 11) is 0. The van der Waals surface area contributed by atoms with Crippen molar-refractivity contribution in [1.29, 1.82) is 0 Å². The molecule has 0 aliphatic rings. The van der Waals surface area contributed by atoms with Crippen LogP contribution in [0.4, 0.5) is 0 Å². The van der Waals surface area contributed by atoms with Crippen molar-refractivity contribution in [1.82, 2.24) is 9.97 Å². The van der Waals surface area contributed by atoms with Crippen LogP contribution in [-0.4, -0.2) is 9.97 Å². The van der Waals surface area contributed by atoms with Crippen molar-refractivity contribution in [3.8, 4) is 11.3 Å². The predicted octanol–water partition coefficient (Wildman–Crippen LogP) is 2.35. The minimum atomic E-state index is 0.921. The van der Waals surface area contributed by atoms with Gasteiger partial charge in [0.25, 0.3) is 0 Å². The molecule has 0 unspecified atom stereocenters. The molecule has 0 saturated carbocycles. The van der Waals surface area contributed by atoms with Crippen molar-refractivity contribution in [2.75, 3.05) is 0 Å². The van der Waals surface area contributed by atoms with Gasteiger partial charge in [-0.3, -0.25) is 0 Å². The van der Waals surface area contributed by atoms with Gasteiger partial charge in [-0.2, -0.15) is 0 Å². The summed E-state index contributed by atoms with van der Waals surface area (Å²) in [5.74, 6) is 0. The fraction of sp³-hybridized carbons (Fsp3) is 0. The van der Waals surface area contributed by atoms with E-state index < -0.39 is 0 Å². The van der Waals surface area contributed by atoms with Crippen LogP contribution < -0.4 is 0 Å². The normalized spacial score (nSPS) is 9.31. The third-order valence-corrected chi connectivity index (χ3v) is 2.18. The molecule has 0 amide bonds. The number of hydrogen-bond acceptors (Lipinski definition) is 2. The fourth-order valence-corrected chi connectivity index (χ4v) is 1.42. The minimum absolute atomic E-state index is 0.921. The Hall–Kier alpha value is -1.15. The Bertz CT molecular complexity index is 401. The summed E-state index contributed by atoms with van der Waals surface area (Å²) < 4.78 is 0.940. The Labute approximate surface area is 90.2 Å². The molecule has 0 aliphatic carbocycles. The number of aromatic nitrogens is 2. The van der Waals surface area contributed by atoms with Crippen molar-refractivity contribution in [2.24, 2.45) is 0 Å². The summed E-state index contributed by atoms with van der Waals surface area (Å²) in [5.41, 5.74) is 1.96. The number of hydrogen-bond donors (Lipinski definition) is 0. The number of halogens is 1. The van der Waals surface area contributed by atoms with Gasteiger partial charge in [0.2, 0.25) is 0 Å². The van der Waals surface area contributed by atoms with Gasteiger partial charge in [-0.1, -0.05) is 12.1 Å². The molecular formula is C10H5IN2. The van der Waals surface area contributed by atoms with Crippen LogP contribution in [0.2, 0.25) is 0 Å². The van der Waals surface area contributed by atoms with E-state index in [0.29, 0.717) is 0 Å². The maximum absolute atomic E-state index is 4.16. The Balaban J connectivity index is 2.48. The van der Waals surface area contributed by atoms with Crippen LogP contribution in [0.3, 0.4) is 0 Å². The summed E-state index contributed by atoms with van der Waals surface area (Å²) in [5, 5.41) is 0. The van der Waals surface area contributed by atoms with Crippen LogP contribution in [0.15, 0.2) is 30.6 Å². The van der Waals surface area contributed by atoms with Crippen LogP contribution in [-0.2, 0) is 0 Å². The molecule has 62 valence electrons. The van der Waals surface area contributed by atoms with E-state index in [0.717, 1.165) is 15.0 Å². The van der Waals surface area contributed by atoms with Crippen LogP contribution in [0.5, 0.6) is 0 Å². The van der Waals surface area contributed by atoms with Gasteiger partial charge in [-0.25, -0.2) is 9.97 Å². The van der Waals surface area contributed by atoms with Gasteiger partial charge in [0.1, 0.15) is 10.0 Å². The van der Waals surface area contributed by atoms with Gasteiger partial charge in [-0.05, 0) is 46.9 Å². The van der Waals surface area contributed by atoms with Crippen molar-refractivity contribution >= 4 is 22.6 Å². The Kier molecular flexibility index (Phi) is 2.41. The second-order valence-corrected chi connectivity index (χ2v) is 3.55. The lowest BCUT2D eigenvalue weighted by molar-refractivity contribution is 1.14. The van der Waals surface area contributed by atoms with Gasteiger partial charge in [0.15, 0.2) is 0 Å². The molecule has 2 rings (SSSR count). The smallest absolute Gasteiger partial charge is 0.117 e.